The SMILES string of the molecule is Cc1ccc(NC(=O)C2CCC2C(=O)O)cc1N1CCCS1(=O)=O. The quantitative estimate of drug-likeness (QED) is 0.856. The van der Waals surface area contributed by atoms with Crippen LogP contribution in [0.3, 0.4) is 0 Å². The van der Waals surface area contributed by atoms with E-state index in [1.54, 1.807) is 18.2 Å². The molecule has 3 rings (SSSR count). The average molecular weight is 352 g/mol. The molecule has 0 aromatic heterocycles. The third kappa shape index (κ3) is 2.98. The molecule has 1 amide bonds. The van der Waals surface area contributed by atoms with Crippen LogP contribution in [0.1, 0.15) is 24.8 Å². The van der Waals surface area contributed by atoms with Gasteiger partial charge >= 0.3 is 5.97 Å². The van der Waals surface area contributed by atoms with Gasteiger partial charge in [0.1, 0.15) is 0 Å². The molecular formula is C16H20N2O5S. The van der Waals surface area contributed by atoms with Crippen LogP contribution < -0.4 is 9.62 Å². The minimum Gasteiger partial charge on any atom is -0.481 e. The van der Waals surface area contributed by atoms with Crippen molar-refractivity contribution in [3.63, 3.8) is 0 Å². The van der Waals surface area contributed by atoms with E-state index in [4.69, 9.17) is 5.11 Å². The number of hydrogen-bond donors (Lipinski definition) is 2. The molecule has 24 heavy (non-hydrogen) atoms. The fraction of sp³-hybridized carbons (Fsp3) is 0.500. The van der Waals surface area contributed by atoms with Crippen molar-refractivity contribution < 1.29 is 23.1 Å². The van der Waals surface area contributed by atoms with Crippen LogP contribution in [0.5, 0.6) is 0 Å². The maximum absolute atomic E-state index is 12.2. The number of carboxylic acid groups (broad SMARTS) is 1. The fourth-order valence-corrected chi connectivity index (χ4v) is 4.83. The largest absolute Gasteiger partial charge is 0.481 e. The van der Waals surface area contributed by atoms with Gasteiger partial charge < -0.3 is 10.4 Å². The second kappa shape index (κ2) is 6.08. The highest BCUT2D eigenvalue weighted by Gasteiger charge is 2.41. The molecule has 2 fully saturated rings. The Bertz CT molecular complexity index is 790. The van der Waals surface area contributed by atoms with Crippen molar-refractivity contribution in [2.75, 3.05) is 21.9 Å². The molecule has 7 nitrogen and oxygen atoms in total. The summed E-state index contributed by atoms with van der Waals surface area (Å²) in [5.74, 6) is -2.30. The van der Waals surface area contributed by atoms with Gasteiger partial charge in [0.25, 0.3) is 0 Å². The highest BCUT2D eigenvalue weighted by molar-refractivity contribution is 7.93. The lowest BCUT2D eigenvalue weighted by Crippen LogP contribution is -2.41. The second-order valence-corrected chi connectivity index (χ2v) is 8.37. The average Bonchev–Trinajstić information content (AvgIpc) is 2.78. The standard InChI is InChI=1S/C16H20N2O5S/c1-10-3-4-11(9-14(10)18-7-2-8-24(18,22)23)17-15(19)12-5-6-13(12)16(20)21/h3-4,9,12-13H,2,5-8H2,1H3,(H,17,19)(H,20,21). The van der Waals surface area contributed by atoms with Crippen molar-refractivity contribution in [1.29, 1.82) is 0 Å². The van der Waals surface area contributed by atoms with E-state index in [2.05, 4.69) is 5.32 Å². The highest BCUT2D eigenvalue weighted by atomic mass is 32.2. The van der Waals surface area contributed by atoms with Gasteiger partial charge in [0.2, 0.25) is 15.9 Å². The first-order valence-electron chi connectivity index (χ1n) is 7.94. The van der Waals surface area contributed by atoms with E-state index in [1.165, 1.54) is 4.31 Å². The molecule has 2 N–H and O–H groups in total. The number of nitrogens with one attached hydrogen (secondary N) is 1. The van der Waals surface area contributed by atoms with Gasteiger partial charge in [0, 0.05) is 12.2 Å². The monoisotopic (exact) mass is 352 g/mol. The lowest BCUT2D eigenvalue weighted by molar-refractivity contribution is -0.151. The van der Waals surface area contributed by atoms with E-state index in [-0.39, 0.29) is 11.7 Å². The van der Waals surface area contributed by atoms with Gasteiger partial charge in [0.15, 0.2) is 0 Å². The van der Waals surface area contributed by atoms with Crippen LogP contribution in [0, 0.1) is 18.8 Å². The first-order chi connectivity index (χ1) is 11.3. The van der Waals surface area contributed by atoms with Gasteiger partial charge in [-0.1, -0.05) is 6.07 Å². The molecule has 1 saturated carbocycles. The molecule has 130 valence electrons. The second-order valence-electron chi connectivity index (χ2n) is 6.36. The molecule has 0 bridgehead atoms. The number of carbonyl (C=O) groups is 2. The van der Waals surface area contributed by atoms with Crippen molar-refractivity contribution in [3.8, 4) is 0 Å². The lowest BCUT2D eigenvalue weighted by atomic mass is 9.73. The summed E-state index contributed by atoms with van der Waals surface area (Å²) >= 11 is 0. The molecular weight excluding hydrogens is 332 g/mol. The molecule has 2 unspecified atom stereocenters. The van der Waals surface area contributed by atoms with Crippen LogP contribution in [-0.2, 0) is 19.6 Å². The topological polar surface area (TPSA) is 104 Å². The number of carbonyl (C=O) groups excluding carboxylic acids is 1. The molecule has 0 radical (unpaired) electrons. The molecule has 1 aromatic carbocycles. The van der Waals surface area contributed by atoms with Gasteiger partial charge in [-0.3, -0.25) is 13.9 Å². The predicted octanol–water partition coefficient (Wildman–Crippen LogP) is 1.58. The van der Waals surface area contributed by atoms with Crippen molar-refractivity contribution >= 4 is 33.3 Å². The van der Waals surface area contributed by atoms with Gasteiger partial charge in [0.05, 0.1) is 23.3 Å². The number of carboxylic acids is 1. The molecule has 1 heterocycles. The van der Waals surface area contributed by atoms with Crippen molar-refractivity contribution in [2.45, 2.75) is 26.2 Å². The Morgan fingerprint density at radius 3 is 2.50 bits per heavy atom. The van der Waals surface area contributed by atoms with Gasteiger partial charge in [-0.2, -0.15) is 0 Å². The maximum atomic E-state index is 12.2. The van der Waals surface area contributed by atoms with E-state index in [0.29, 0.717) is 37.2 Å². The number of aliphatic carboxylic acids is 1. The maximum Gasteiger partial charge on any atom is 0.307 e. The number of amides is 1. The predicted molar refractivity (Wildman–Crippen MR) is 89.4 cm³/mol. The molecule has 1 aliphatic heterocycles. The summed E-state index contributed by atoms with van der Waals surface area (Å²) in [6.45, 7) is 2.26. The highest BCUT2D eigenvalue weighted by Crippen LogP contribution is 2.36. The van der Waals surface area contributed by atoms with E-state index < -0.39 is 27.8 Å². The van der Waals surface area contributed by atoms with Crippen LogP contribution in [-0.4, -0.2) is 37.7 Å². The molecule has 1 aliphatic carbocycles. The summed E-state index contributed by atoms with van der Waals surface area (Å²) in [5, 5.41) is 11.8. The Kier molecular flexibility index (Phi) is 4.25. The number of rotatable bonds is 4. The number of nitrogens with zero attached hydrogens (tertiary/aromatic N) is 1. The summed E-state index contributed by atoms with van der Waals surface area (Å²) < 4.78 is 25.6. The summed E-state index contributed by atoms with van der Waals surface area (Å²) in [4.78, 5) is 23.3. The summed E-state index contributed by atoms with van der Waals surface area (Å²) in [6.07, 6.45) is 1.65. The third-order valence-electron chi connectivity index (χ3n) is 4.77. The van der Waals surface area contributed by atoms with Crippen molar-refractivity contribution in [1.82, 2.24) is 0 Å². The minimum atomic E-state index is -3.29. The number of aryl methyl sites for hydroxylation is 1. The van der Waals surface area contributed by atoms with Crippen molar-refractivity contribution in [2.24, 2.45) is 11.8 Å². The van der Waals surface area contributed by atoms with Gasteiger partial charge in [-0.25, -0.2) is 8.42 Å². The smallest absolute Gasteiger partial charge is 0.307 e. The zero-order valence-corrected chi connectivity index (χ0v) is 14.2. The normalized spacial score (nSPS) is 25.1. The molecule has 2 aliphatic rings. The number of benzene rings is 1. The van der Waals surface area contributed by atoms with E-state index in [9.17, 15) is 18.0 Å². The number of sulfonamides is 1. The van der Waals surface area contributed by atoms with E-state index >= 15 is 0 Å². The molecule has 2 atom stereocenters. The Balaban J connectivity index is 1.79. The van der Waals surface area contributed by atoms with Gasteiger partial charge in [-0.05, 0) is 43.9 Å². The van der Waals surface area contributed by atoms with E-state index in [0.717, 1.165) is 5.56 Å². The zero-order valence-electron chi connectivity index (χ0n) is 13.4. The number of hydrogen-bond acceptors (Lipinski definition) is 4. The zero-order chi connectivity index (χ0) is 17.5. The molecule has 1 aromatic rings. The first-order valence-corrected chi connectivity index (χ1v) is 9.55. The Hall–Kier alpha value is -2.09. The summed E-state index contributed by atoms with van der Waals surface area (Å²) in [6, 6.07) is 5.10. The van der Waals surface area contributed by atoms with Crippen molar-refractivity contribution in [3.05, 3.63) is 23.8 Å². The van der Waals surface area contributed by atoms with Crippen LogP contribution >= 0.6 is 0 Å². The Labute approximate surface area is 140 Å². The van der Waals surface area contributed by atoms with Crippen LogP contribution in [0.15, 0.2) is 18.2 Å². The summed E-state index contributed by atoms with van der Waals surface area (Å²) in [5.41, 5.74) is 1.86. The molecule has 0 spiro atoms. The molecule has 1 saturated heterocycles. The minimum absolute atomic E-state index is 0.130. The Morgan fingerprint density at radius 2 is 1.96 bits per heavy atom. The van der Waals surface area contributed by atoms with Gasteiger partial charge in [-0.15, -0.1) is 0 Å². The molecule has 8 heteroatoms. The summed E-state index contributed by atoms with van der Waals surface area (Å²) in [7, 11) is -3.29. The van der Waals surface area contributed by atoms with Crippen LogP contribution in [0.25, 0.3) is 0 Å². The first kappa shape index (κ1) is 16.8. The third-order valence-corrected chi connectivity index (χ3v) is 6.63. The Morgan fingerprint density at radius 1 is 1.25 bits per heavy atom. The van der Waals surface area contributed by atoms with Crippen LogP contribution in [0.2, 0.25) is 0 Å². The lowest BCUT2D eigenvalue weighted by Gasteiger charge is -2.32. The fourth-order valence-electron chi connectivity index (χ4n) is 3.21. The van der Waals surface area contributed by atoms with E-state index in [1.807, 2.05) is 6.92 Å². The number of anilines is 2. The van der Waals surface area contributed by atoms with Crippen LogP contribution in [0.4, 0.5) is 11.4 Å².